The number of rotatable bonds is 5. The Balaban J connectivity index is 1.71. The van der Waals surface area contributed by atoms with Crippen molar-refractivity contribution in [2.24, 2.45) is 0 Å². The average molecular weight is 357 g/mol. The number of halogens is 1. The number of aliphatic hydroxyl groups is 1. The highest BCUT2D eigenvalue weighted by atomic mass is 35.5. The monoisotopic (exact) mass is 356 g/mol. The second kappa shape index (κ2) is 7.46. The van der Waals surface area contributed by atoms with E-state index in [9.17, 15) is 9.90 Å². The number of amides is 1. The van der Waals surface area contributed by atoms with Crippen LogP contribution in [0.5, 0.6) is 0 Å². The molecule has 1 atom stereocenters. The Morgan fingerprint density at radius 2 is 1.88 bits per heavy atom. The van der Waals surface area contributed by atoms with E-state index in [1.54, 1.807) is 31.2 Å². The maximum absolute atomic E-state index is 12.3. The summed E-state index contributed by atoms with van der Waals surface area (Å²) < 4.78 is 1.52. The minimum atomic E-state index is -0.795. The number of aryl methyl sites for hydroxylation is 1. The Labute approximate surface area is 150 Å². The van der Waals surface area contributed by atoms with Crippen LogP contribution in [0.4, 0.5) is 0 Å². The van der Waals surface area contributed by atoms with Gasteiger partial charge in [0, 0.05) is 6.54 Å². The number of carbonyl (C=O) groups excluding carboxylic acids is 1. The van der Waals surface area contributed by atoms with Gasteiger partial charge in [-0.15, -0.1) is 5.10 Å². The smallest absolute Gasteiger partial charge is 0.291 e. The summed E-state index contributed by atoms with van der Waals surface area (Å²) >= 11 is 6.17. The summed E-state index contributed by atoms with van der Waals surface area (Å²) in [7, 11) is 0. The van der Waals surface area contributed by atoms with E-state index in [4.69, 9.17) is 11.6 Å². The van der Waals surface area contributed by atoms with Crippen LogP contribution in [-0.4, -0.2) is 32.3 Å². The van der Waals surface area contributed by atoms with Crippen LogP contribution in [0, 0.1) is 6.92 Å². The van der Waals surface area contributed by atoms with Gasteiger partial charge in [-0.05, 0) is 24.6 Å². The SMILES string of the molecule is Cc1nc(C(=O)NCC(O)c2ccccc2)nn1-c1ccccc1Cl. The minimum Gasteiger partial charge on any atom is -0.387 e. The van der Waals surface area contributed by atoms with E-state index in [0.717, 1.165) is 5.56 Å². The number of nitrogens with zero attached hydrogens (tertiary/aromatic N) is 3. The summed E-state index contributed by atoms with van der Waals surface area (Å²) in [6.45, 7) is 1.81. The van der Waals surface area contributed by atoms with Crippen LogP contribution >= 0.6 is 11.6 Å². The third-order valence-electron chi connectivity index (χ3n) is 3.69. The molecular formula is C18H17ClN4O2. The van der Waals surface area contributed by atoms with Gasteiger partial charge in [0.2, 0.25) is 5.82 Å². The maximum atomic E-state index is 12.3. The molecule has 0 aliphatic heterocycles. The van der Waals surface area contributed by atoms with Crippen LogP contribution in [0.25, 0.3) is 5.69 Å². The highest BCUT2D eigenvalue weighted by molar-refractivity contribution is 6.32. The highest BCUT2D eigenvalue weighted by Crippen LogP contribution is 2.20. The lowest BCUT2D eigenvalue weighted by Crippen LogP contribution is -2.29. The lowest BCUT2D eigenvalue weighted by Gasteiger charge is -2.11. The second-order valence-corrected chi connectivity index (χ2v) is 5.89. The average Bonchev–Trinajstić information content (AvgIpc) is 3.02. The normalized spacial score (nSPS) is 12.0. The Hall–Kier alpha value is -2.70. The molecule has 0 fully saturated rings. The van der Waals surface area contributed by atoms with Crippen LogP contribution in [0.2, 0.25) is 5.02 Å². The number of aromatic nitrogens is 3. The summed E-state index contributed by atoms with van der Waals surface area (Å²) in [5.41, 5.74) is 1.38. The Bertz CT molecular complexity index is 880. The molecule has 0 saturated heterocycles. The van der Waals surface area contributed by atoms with Crippen molar-refractivity contribution in [2.75, 3.05) is 6.54 Å². The first-order valence-electron chi connectivity index (χ1n) is 7.76. The van der Waals surface area contributed by atoms with Crippen molar-refractivity contribution < 1.29 is 9.90 Å². The van der Waals surface area contributed by atoms with E-state index >= 15 is 0 Å². The van der Waals surface area contributed by atoms with E-state index in [0.29, 0.717) is 16.5 Å². The number of aliphatic hydroxyl groups excluding tert-OH is 1. The number of hydrogen-bond donors (Lipinski definition) is 2. The van der Waals surface area contributed by atoms with E-state index in [-0.39, 0.29) is 12.4 Å². The van der Waals surface area contributed by atoms with Gasteiger partial charge in [0.1, 0.15) is 5.82 Å². The molecule has 1 amide bonds. The number of hydrogen-bond acceptors (Lipinski definition) is 4. The van der Waals surface area contributed by atoms with Crippen molar-refractivity contribution in [3.05, 3.63) is 76.8 Å². The largest absolute Gasteiger partial charge is 0.387 e. The zero-order valence-electron chi connectivity index (χ0n) is 13.6. The lowest BCUT2D eigenvalue weighted by molar-refractivity contribution is 0.0906. The third-order valence-corrected chi connectivity index (χ3v) is 4.01. The van der Waals surface area contributed by atoms with Crippen molar-refractivity contribution in [2.45, 2.75) is 13.0 Å². The zero-order chi connectivity index (χ0) is 17.8. The fraction of sp³-hybridized carbons (Fsp3) is 0.167. The molecule has 1 unspecified atom stereocenters. The molecule has 2 aromatic carbocycles. The van der Waals surface area contributed by atoms with Crippen LogP contribution in [0.15, 0.2) is 54.6 Å². The van der Waals surface area contributed by atoms with Crippen LogP contribution in [0.3, 0.4) is 0 Å². The summed E-state index contributed by atoms with van der Waals surface area (Å²) in [6, 6.07) is 16.3. The fourth-order valence-corrected chi connectivity index (χ4v) is 2.62. The van der Waals surface area contributed by atoms with Gasteiger partial charge in [-0.2, -0.15) is 0 Å². The lowest BCUT2D eigenvalue weighted by atomic mass is 10.1. The van der Waals surface area contributed by atoms with E-state index in [1.165, 1.54) is 4.68 Å². The third kappa shape index (κ3) is 3.87. The van der Waals surface area contributed by atoms with Crippen molar-refractivity contribution in [1.29, 1.82) is 0 Å². The molecule has 1 heterocycles. The first-order valence-corrected chi connectivity index (χ1v) is 8.14. The molecule has 0 aliphatic rings. The Kier molecular flexibility index (Phi) is 5.11. The summed E-state index contributed by atoms with van der Waals surface area (Å²) in [5, 5.41) is 17.5. The van der Waals surface area contributed by atoms with Gasteiger partial charge in [0.05, 0.1) is 16.8 Å². The van der Waals surface area contributed by atoms with Crippen molar-refractivity contribution >= 4 is 17.5 Å². The quantitative estimate of drug-likeness (QED) is 0.736. The van der Waals surface area contributed by atoms with Crippen molar-refractivity contribution in [1.82, 2.24) is 20.1 Å². The van der Waals surface area contributed by atoms with Gasteiger partial charge >= 0.3 is 0 Å². The van der Waals surface area contributed by atoms with Gasteiger partial charge in [-0.25, -0.2) is 9.67 Å². The number of para-hydroxylation sites is 1. The number of carbonyl (C=O) groups is 1. The van der Waals surface area contributed by atoms with Gasteiger partial charge in [0.15, 0.2) is 0 Å². The van der Waals surface area contributed by atoms with Gasteiger partial charge in [-0.1, -0.05) is 54.1 Å². The molecule has 0 saturated carbocycles. The van der Waals surface area contributed by atoms with Crippen molar-refractivity contribution in [3.8, 4) is 5.69 Å². The summed E-state index contributed by atoms with van der Waals surface area (Å²) in [4.78, 5) is 16.4. The molecule has 3 aromatic rings. The molecular weight excluding hydrogens is 340 g/mol. The molecule has 25 heavy (non-hydrogen) atoms. The Morgan fingerprint density at radius 1 is 1.20 bits per heavy atom. The molecule has 6 nitrogen and oxygen atoms in total. The number of nitrogens with one attached hydrogen (secondary N) is 1. The van der Waals surface area contributed by atoms with E-state index in [1.807, 2.05) is 30.3 Å². The highest BCUT2D eigenvalue weighted by Gasteiger charge is 2.17. The predicted octanol–water partition coefficient (Wildman–Crippen LogP) is 2.69. The van der Waals surface area contributed by atoms with E-state index in [2.05, 4.69) is 15.4 Å². The zero-order valence-corrected chi connectivity index (χ0v) is 14.3. The first-order chi connectivity index (χ1) is 12.1. The molecule has 2 N–H and O–H groups in total. The van der Waals surface area contributed by atoms with Gasteiger partial charge in [-0.3, -0.25) is 4.79 Å². The molecule has 0 radical (unpaired) electrons. The predicted molar refractivity (Wildman–Crippen MR) is 94.8 cm³/mol. The maximum Gasteiger partial charge on any atom is 0.291 e. The molecule has 0 aliphatic carbocycles. The van der Waals surface area contributed by atoms with Gasteiger partial charge < -0.3 is 10.4 Å². The van der Waals surface area contributed by atoms with Crippen LogP contribution in [-0.2, 0) is 0 Å². The second-order valence-electron chi connectivity index (χ2n) is 5.48. The summed E-state index contributed by atoms with van der Waals surface area (Å²) in [6.07, 6.45) is -0.795. The number of benzene rings is 2. The molecule has 128 valence electrons. The topological polar surface area (TPSA) is 80.0 Å². The fourth-order valence-electron chi connectivity index (χ4n) is 2.40. The molecule has 0 spiro atoms. The van der Waals surface area contributed by atoms with Crippen molar-refractivity contribution in [3.63, 3.8) is 0 Å². The molecule has 3 rings (SSSR count). The van der Waals surface area contributed by atoms with Crippen LogP contribution in [0.1, 0.15) is 28.1 Å². The molecule has 1 aromatic heterocycles. The van der Waals surface area contributed by atoms with E-state index < -0.39 is 12.0 Å². The first kappa shape index (κ1) is 17.1. The standard InChI is InChI=1S/C18H17ClN4O2/c1-12-21-17(22-23(12)15-10-6-5-9-14(15)19)18(25)20-11-16(24)13-7-3-2-4-8-13/h2-10,16,24H,11H2,1H3,(H,20,25). The van der Waals surface area contributed by atoms with Crippen LogP contribution < -0.4 is 5.32 Å². The summed E-state index contributed by atoms with van der Waals surface area (Å²) in [5.74, 6) is 0.114. The minimum absolute atomic E-state index is 0.0256. The molecule has 0 bridgehead atoms. The molecule has 7 heteroatoms. The van der Waals surface area contributed by atoms with Gasteiger partial charge in [0.25, 0.3) is 5.91 Å². The Morgan fingerprint density at radius 3 is 2.60 bits per heavy atom.